The van der Waals surface area contributed by atoms with E-state index in [1.165, 1.54) is 89.9 Å². The van der Waals surface area contributed by atoms with Crippen molar-refractivity contribution in [3.63, 3.8) is 0 Å². The summed E-state index contributed by atoms with van der Waals surface area (Å²) < 4.78 is 0. The molecule has 27 heavy (non-hydrogen) atoms. The highest BCUT2D eigenvalue weighted by Crippen LogP contribution is 2.14. The highest BCUT2D eigenvalue weighted by molar-refractivity contribution is 5.76. The molecular weight excluding hydrogens is 330 g/mol. The Morgan fingerprint density at radius 3 is 1.41 bits per heavy atom. The van der Waals surface area contributed by atoms with Crippen LogP contribution in [0.3, 0.4) is 0 Å². The van der Waals surface area contributed by atoms with E-state index in [2.05, 4.69) is 33.0 Å². The van der Waals surface area contributed by atoms with Crippen molar-refractivity contribution in [1.29, 1.82) is 0 Å². The molecule has 1 atom stereocenters. The summed E-state index contributed by atoms with van der Waals surface area (Å²) in [6.45, 7) is 8.88. The maximum atomic E-state index is 12.1. The number of amides is 1. The molecule has 0 aliphatic rings. The van der Waals surface area contributed by atoms with Gasteiger partial charge in [-0.25, -0.2) is 0 Å². The van der Waals surface area contributed by atoms with Gasteiger partial charge in [-0.05, 0) is 18.8 Å². The maximum absolute atomic E-state index is 12.1. The molecule has 0 rings (SSSR count). The van der Waals surface area contributed by atoms with Crippen LogP contribution in [0.15, 0.2) is 0 Å². The summed E-state index contributed by atoms with van der Waals surface area (Å²) >= 11 is 0. The van der Waals surface area contributed by atoms with Crippen LogP contribution < -0.4 is 5.32 Å². The molecule has 2 heteroatoms. The van der Waals surface area contributed by atoms with Gasteiger partial charge in [-0.15, -0.1) is 0 Å². The fourth-order valence-corrected chi connectivity index (χ4v) is 3.82. The zero-order chi connectivity index (χ0) is 20.2. The molecule has 1 N–H and O–H groups in total. The lowest BCUT2D eigenvalue weighted by Crippen LogP contribution is -2.38. The minimum Gasteiger partial charge on any atom is -0.353 e. The second-order valence-corrected chi connectivity index (χ2v) is 8.91. The standard InChI is InChI=1S/C25H51NO/c1-5-7-8-9-10-11-12-13-14-15-16-17-18-19-20-22-25(27)26-24(21-6-2)23(3)4/h23-24H,5-22H2,1-4H3,(H,26,27). The Morgan fingerprint density at radius 2 is 1.04 bits per heavy atom. The first kappa shape index (κ1) is 26.5. The first-order chi connectivity index (χ1) is 13.1. The van der Waals surface area contributed by atoms with Crippen LogP contribution in [-0.2, 0) is 4.79 Å². The molecule has 0 aromatic rings. The molecule has 162 valence electrons. The summed E-state index contributed by atoms with van der Waals surface area (Å²) in [6, 6.07) is 0.360. The summed E-state index contributed by atoms with van der Waals surface area (Å²) in [5.41, 5.74) is 0. The van der Waals surface area contributed by atoms with Crippen LogP contribution in [0.25, 0.3) is 0 Å². The van der Waals surface area contributed by atoms with Gasteiger partial charge in [-0.3, -0.25) is 4.79 Å². The van der Waals surface area contributed by atoms with E-state index in [1.807, 2.05) is 0 Å². The molecule has 0 aromatic heterocycles. The number of hydrogen-bond donors (Lipinski definition) is 1. The highest BCUT2D eigenvalue weighted by Gasteiger charge is 2.14. The second kappa shape index (κ2) is 20.2. The summed E-state index contributed by atoms with van der Waals surface area (Å²) in [6.07, 6.45) is 23.5. The maximum Gasteiger partial charge on any atom is 0.220 e. The number of unbranched alkanes of at least 4 members (excludes halogenated alkanes) is 14. The van der Waals surface area contributed by atoms with Gasteiger partial charge in [-0.1, -0.05) is 124 Å². The van der Waals surface area contributed by atoms with Crippen molar-refractivity contribution in [2.75, 3.05) is 0 Å². The zero-order valence-electron chi connectivity index (χ0n) is 19.3. The quantitative estimate of drug-likeness (QED) is 0.212. The summed E-state index contributed by atoms with van der Waals surface area (Å²) in [5.74, 6) is 0.798. The van der Waals surface area contributed by atoms with E-state index >= 15 is 0 Å². The summed E-state index contributed by atoms with van der Waals surface area (Å²) in [4.78, 5) is 12.1. The van der Waals surface area contributed by atoms with Crippen molar-refractivity contribution in [3.8, 4) is 0 Å². The summed E-state index contributed by atoms with van der Waals surface area (Å²) in [7, 11) is 0. The molecule has 0 aromatic carbocycles. The smallest absolute Gasteiger partial charge is 0.220 e. The van der Waals surface area contributed by atoms with E-state index in [0.29, 0.717) is 18.4 Å². The molecule has 0 heterocycles. The topological polar surface area (TPSA) is 29.1 Å². The number of carbonyl (C=O) groups excluding carboxylic acids is 1. The number of nitrogens with one attached hydrogen (secondary N) is 1. The molecule has 0 aliphatic carbocycles. The van der Waals surface area contributed by atoms with E-state index in [1.54, 1.807) is 0 Å². The molecule has 1 unspecified atom stereocenters. The van der Waals surface area contributed by atoms with Gasteiger partial charge >= 0.3 is 0 Å². The van der Waals surface area contributed by atoms with Crippen LogP contribution in [0.1, 0.15) is 143 Å². The Kier molecular flexibility index (Phi) is 19.8. The molecule has 0 bridgehead atoms. The summed E-state index contributed by atoms with van der Waals surface area (Å²) in [5, 5.41) is 3.23. The van der Waals surface area contributed by atoms with Crippen molar-refractivity contribution in [1.82, 2.24) is 5.32 Å². The van der Waals surface area contributed by atoms with Crippen LogP contribution in [0, 0.1) is 5.92 Å². The third-order valence-electron chi connectivity index (χ3n) is 5.76. The van der Waals surface area contributed by atoms with Crippen molar-refractivity contribution >= 4 is 5.91 Å². The number of carbonyl (C=O) groups is 1. The van der Waals surface area contributed by atoms with Crippen LogP contribution >= 0.6 is 0 Å². The van der Waals surface area contributed by atoms with Gasteiger partial charge in [0, 0.05) is 12.5 Å². The Bertz CT molecular complexity index is 313. The van der Waals surface area contributed by atoms with Gasteiger partial charge in [0.05, 0.1) is 0 Å². The Labute approximate surface area is 171 Å². The van der Waals surface area contributed by atoms with Crippen LogP contribution in [0.5, 0.6) is 0 Å². The van der Waals surface area contributed by atoms with Gasteiger partial charge < -0.3 is 5.32 Å². The SMILES string of the molecule is CCCCCCCCCCCCCCCCCC(=O)NC(CCC)C(C)C. The van der Waals surface area contributed by atoms with Gasteiger partial charge in [0.25, 0.3) is 0 Å². The first-order valence-corrected chi connectivity index (χ1v) is 12.4. The predicted octanol–water partition coefficient (Wildman–Crippen LogP) is 8.19. The van der Waals surface area contributed by atoms with E-state index in [9.17, 15) is 4.79 Å². The van der Waals surface area contributed by atoms with Gasteiger partial charge in [0.15, 0.2) is 0 Å². The Morgan fingerprint density at radius 1 is 0.630 bits per heavy atom. The molecule has 0 radical (unpaired) electrons. The predicted molar refractivity (Wildman–Crippen MR) is 121 cm³/mol. The molecule has 0 saturated heterocycles. The third-order valence-corrected chi connectivity index (χ3v) is 5.76. The Balaban J connectivity index is 3.31. The van der Waals surface area contributed by atoms with E-state index in [-0.39, 0.29) is 5.91 Å². The molecular formula is C25H51NO. The Hall–Kier alpha value is -0.530. The van der Waals surface area contributed by atoms with Crippen molar-refractivity contribution in [2.45, 2.75) is 149 Å². The van der Waals surface area contributed by atoms with E-state index in [0.717, 1.165) is 19.3 Å². The molecule has 0 aliphatic heterocycles. The van der Waals surface area contributed by atoms with Crippen LogP contribution in [0.2, 0.25) is 0 Å². The molecule has 0 spiro atoms. The lowest BCUT2D eigenvalue weighted by molar-refractivity contribution is -0.122. The van der Waals surface area contributed by atoms with Gasteiger partial charge in [0.1, 0.15) is 0 Å². The minimum absolute atomic E-state index is 0.261. The molecule has 2 nitrogen and oxygen atoms in total. The fraction of sp³-hybridized carbons (Fsp3) is 0.960. The normalized spacial score (nSPS) is 12.5. The van der Waals surface area contributed by atoms with Crippen LogP contribution in [-0.4, -0.2) is 11.9 Å². The number of hydrogen-bond acceptors (Lipinski definition) is 1. The number of rotatable bonds is 20. The van der Waals surface area contributed by atoms with Crippen LogP contribution in [0.4, 0.5) is 0 Å². The van der Waals surface area contributed by atoms with Crippen molar-refractivity contribution < 1.29 is 4.79 Å². The lowest BCUT2D eigenvalue weighted by Gasteiger charge is -2.21. The van der Waals surface area contributed by atoms with Gasteiger partial charge in [0.2, 0.25) is 5.91 Å². The lowest BCUT2D eigenvalue weighted by atomic mass is 9.99. The van der Waals surface area contributed by atoms with E-state index in [4.69, 9.17) is 0 Å². The van der Waals surface area contributed by atoms with E-state index < -0.39 is 0 Å². The zero-order valence-corrected chi connectivity index (χ0v) is 19.3. The second-order valence-electron chi connectivity index (χ2n) is 8.91. The van der Waals surface area contributed by atoms with Crippen molar-refractivity contribution in [3.05, 3.63) is 0 Å². The monoisotopic (exact) mass is 381 g/mol. The average Bonchev–Trinajstić information content (AvgIpc) is 2.64. The average molecular weight is 382 g/mol. The highest BCUT2D eigenvalue weighted by atomic mass is 16.1. The largest absolute Gasteiger partial charge is 0.353 e. The van der Waals surface area contributed by atoms with Crippen molar-refractivity contribution in [2.24, 2.45) is 5.92 Å². The third kappa shape index (κ3) is 18.6. The molecule has 1 amide bonds. The first-order valence-electron chi connectivity index (χ1n) is 12.4. The fourth-order valence-electron chi connectivity index (χ4n) is 3.82. The minimum atomic E-state index is 0.261. The molecule has 0 fully saturated rings. The van der Waals surface area contributed by atoms with Gasteiger partial charge in [-0.2, -0.15) is 0 Å². The molecule has 0 saturated carbocycles.